The Kier molecular flexibility index (Phi) is 5.55. The van der Waals surface area contributed by atoms with E-state index < -0.39 is 21.2 Å². The molecule has 1 heterocycles. The number of aliphatic carboxylic acids is 1. The van der Waals surface area contributed by atoms with Gasteiger partial charge in [-0.05, 0) is 38.8 Å². The summed E-state index contributed by atoms with van der Waals surface area (Å²) in [5.41, 5.74) is 0. The minimum Gasteiger partial charge on any atom is -0.480 e. The van der Waals surface area contributed by atoms with E-state index in [1.807, 2.05) is 6.92 Å². The van der Waals surface area contributed by atoms with E-state index in [1.54, 1.807) is 0 Å². The number of nitrogens with zero attached hydrogens (tertiary/aromatic N) is 1. The highest BCUT2D eigenvalue weighted by Crippen LogP contribution is 2.10. The molecule has 1 aliphatic rings. The van der Waals surface area contributed by atoms with Crippen LogP contribution in [-0.2, 0) is 14.8 Å². The molecule has 18 heavy (non-hydrogen) atoms. The molecule has 1 saturated heterocycles. The van der Waals surface area contributed by atoms with Crippen molar-refractivity contribution in [3.05, 3.63) is 0 Å². The van der Waals surface area contributed by atoms with Crippen LogP contribution in [-0.4, -0.2) is 55.8 Å². The first-order valence-corrected chi connectivity index (χ1v) is 7.81. The molecule has 2 atom stereocenters. The predicted molar refractivity (Wildman–Crippen MR) is 68.9 cm³/mol. The lowest BCUT2D eigenvalue weighted by atomic mass is 10.2. The quantitative estimate of drug-likeness (QED) is 0.690. The predicted octanol–water partition coefficient (Wildman–Crippen LogP) is 0.111. The van der Waals surface area contributed by atoms with Gasteiger partial charge in [0.15, 0.2) is 5.25 Å². The maximum Gasteiger partial charge on any atom is 0.323 e. The van der Waals surface area contributed by atoms with Crippen LogP contribution >= 0.6 is 0 Å². The summed E-state index contributed by atoms with van der Waals surface area (Å²) in [5.74, 6) is -1.14. The Morgan fingerprint density at radius 2 is 1.89 bits per heavy atom. The third kappa shape index (κ3) is 4.55. The Morgan fingerprint density at radius 3 is 2.39 bits per heavy atom. The average Bonchev–Trinajstić information content (AvgIpc) is 2.78. The molecule has 0 aromatic rings. The van der Waals surface area contributed by atoms with Gasteiger partial charge in [0.2, 0.25) is 10.0 Å². The highest BCUT2D eigenvalue weighted by atomic mass is 32.2. The Labute approximate surface area is 108 Å². The van der Waals surface area contributed by atoms with Crippen molar-refractivity contribution >= 4 is 16.0 Å². The van der Waals surface area contributed by atoms with Crippen molar-refractivity contribution in [2.24, 2.45) is 5.92 Å². The molecule has 0 saturated carbocycles. The molecule has 7 heteroatoms. The number of sulfonamides is 1. The normalized spacial score (nSPS) is 20.8. The van der Waals surface area contributed by atoms with Crippen molar-refractivity contribution in [3.8, 4) is 0 Å². The van der Waals surface area contributed by atoms with Gasteiger partial charge in [0.1, 0.15) is 0 Å². The van der Waals surface area contributed by atoms with Crippen LogP contribution in [0.1, 0.15) is 26.7 Å². The van der Waals surface area contributed by atoms with E-state index in [0.29, 0.717) is 0 Å². The summed E-state index contributed by atoms with van der Waals surface area (Å²) >= 11 is 0. The van der Waals surface area contributed by atoms with Crippen LogP contribution in [0.15, 0.2) is 0 Å². The molecule has 0 radical (unpaired) electrons. The Bertz CT molecular complexity index is 377. The molecule has 0 spiro atoms. The Morgan fingerprint density at radius 1 is 1.33 bits per heavy atom. The molecule has 0 amide bonds. The highest BCUT2D eigenvalue weighted by molar-refractivity contribution is 7.90. The van der Waals surface area contributed by atoms with E-state index >= 15 is 0 Å². The van der Waals surface area contributed by atoms with Gasteiger partial charge in [-0.3, -0.25) is 4.79 Å². The second-order valence-corrected chi connectivity index (χ2v) is 7.07. The van der Waals surface area contributed by atoms with Crippen LogP contribution in [0, 0.1) is 5.92 Å². The fourth-order valence-corrected chi connectivity index (χ4v) is 3.02. The number of rotatable bonds is 7. The Balaban J connectivity index is 2.36. The minimum atomic E-state index is -3.76. The second-order valence-electron chi connectivity index (χ2n) is 4.99. The number of carboxylic acid groups (broad SMARTS) is 1. The molecule has 1 rings (SSSR count). The summed E-state index contributed by atoms with van der Waals surface area (Å²) in [6, 6.07) is 0. The number of carbonyl (C=O) groups is 1. The van der Waals surface area contributed by atoms with Crippen LogP contribution in [0.5, 0.6) is 0 Å². The summed E-state index contributed by atoms with van der Waals surface area (Å²) in [4.78, 5) is 12.9. The average molecular weight is 278 g/mol. The molecule has 2 unspecified atom stereocenters. The van der Waals surface area contributed by atoms with Gasteiger partial charge < -0.3 is 10.0 Å². The van der Waals surface area contributed by atoms with Crippen LogP contribution in [0.3, 0.4) is 0 Å². The summed E-state index contributed by atoms with van der Waals surface area (Å²) in [5, 5.41) is 7.28. The Hall–Kier alpha value is -0.660. The zero-order valence-corrected chi connectivity index (χ0v) is 11.7. The number of hydrogen-bond donors (Lipinski definition) is 2. The summed E-state index contributed by atoms with van der Waals surface area (Å²) in [6.07, 6.45) is 2.41. The lowest BCUT2D eigenvalue weighted by Crippen LogP contribution is -2.41. The summed E-state index contributed by atoms with van der Waals surface area (Å²) in [7, 11) is -3.76. The standard InChI is InChI=1S/C11H22N2O4S/c1-9(8-13-5-3-4-6-13)7-12-18(16,17)10(2)11(14)15/h9-10,12H,3-8H2,1-2H3,(H,14,15). The SMILES string of the molecule is CC(CNS(=O)(=O)C(C)C(=O)O)CN1CCCC1. The van der Waals surface area contributed by atoms with E-state index in [2.05, 4.69) is 9.62 Å². The molecule has 0 aliphatic carbocycles. The topological polar surface area (TPSA) is 86.7 Å². The highest BCUT2D eigenvalue weighted by Gasteiger charge is 2.27. The van der Waals surface area contributed by atoms with Gasteiger partial charge in [0.25, 0.3) is 0 Å². The van der Waals surface area contributed by atoms with E-state index in [4.69, 9.17) is 5.11 Å². The first-order valence-electron chi connectivity index (χ1n) is 6.26. The molecule has 0 aromatic carbocycles. The monoisotopic (exact) mass is 278 g/mol. The smallest absolute Gasteiger partial charge is 0.323 e. The zero-order chi connectivity index (χ0) is 13.8. The number of nitrogens with one attached hydrogen (secondary N) is 1. The van der Waals surface area contributed by atoms with Crippen molar-refractivity contribution < 1.29 is 18.3 Å². The zero-order valence-electron chi connectivity index (χ0n) is 10.9. The van der Waals surface area contributed by atoms with Crippen LogP contribution in [0.4, 0.5) is 0 Å². The summed E-state index contributed by atoms with van der Waals surface area (Å²) in [6.45, 7) is 6.42. The molecular formula is C11H22N2O4S. The fourth-order valence-electron chi connectivity index (χ4n) is 1.99. The van der Waals surface area contributed by atoms with Gasteiger partial charge in [-0.2, -0.15) is 0 Å². The molecule has 6 nitrogen and oxygen atoms in total. The van der Waals surface area contributed by atoms with Crippen LogP contribution < -0.4 is 4.72 Å². The van der Waals surface area contributed by atoms with Crippen LogP contribution in [0.25, 0.3) is 0 Å². The summed E-state index contributed by atoms with van der Waals surface area (Å²) < 4.78 is 25.6. The van der Waals surface area contributed by atoms with Gasteiger partial charge in [0.05, 0.1) is 0 Å². The van der Waals surface area contributed by atoms with Gasteiger partial charge in [-0.1, -0.05) is 6.92 Å². The lowest BCUT2D eigenvalue weighted by Gasteiger charge is -2.20. The van der Waals surface area contributed by atoms with Gasteiger partial charge in [-0.25, -0.2) is 13.1 Å². The number of hydrogen-bond acceptors (Lipinski definition) is 4. The molecule has 0 aromatic heterocycles. The minimum absolute atomic E-state index is 0.180. The van der Waals surface area contributed by atoms with Gasteiger partial charge >= 0.3 is 5.97 Å². The molecular weight excluding hydrogens is 256 g/mol. The molecule has 1 aliphatic heterocycles. The first-order chi connectivity index (χ1) is 8.33. The molecule has 106 valence electrons. The van der Waals surface area contributed by atoms with Gasteiger partial charge in [0, 0.05) is 13.1 Å². The van der Waals surface area contributed by atoms with Crippen molar-refractivity contribution in [2.75, 3.05) is 26.2 Å². The second kappa shape index (κ2) is 6.49. The van der Waals surface area contributed by atoms with Crippen LogP contribution in [0.2, 0.25) is 0 Å². The van der Waals surface area contributed by atoms with Crippen molar-refractivity contribution in [1.82, 2.24) is 9.62 Å². The maximum absolute atomic E-state index is 11.6. The third-order valence-corrected chi connectivity index (χ3v) is 4.92. The van der Waals surface area contributed by atoms with Gasteiger partial charge in [-0.15, -0.1) is 0 Å². The third-order valence-electron chi connectivity index (χ3n) is 3.21. The number of carboxylic acids is 1. The largest absolute Gasteiger partial charge is 0.480 e. The van der Waals surface area contributed by atoms with E-state index in [9.17, 15) is 13.2 Å². The van der Waals surface area contributed by atoms with Crippen molar-refractivity contribution in [1.29, 1.82) is 0 Å². The first kappa shape index (κ1) is 15.4. The molecule has 2 N–H and O–H groups in total. The van der Waals surface area contributed by atoms with E-state index in [0.717, 1.165) is 19.6 Å². The maximum atomic E-state index is 11.6. The number of likely N-dealkylation sites (tertiary alicyclic amines) is 1. The van der Waals surface area contributed by atoms with E-state index in [-0.39, 0.29) is 12.5 Å². The molecule has 1 fully saturated rings. The van der Waals surface area contributed by atoms with Crippen molar-refractivity contribution in [2.45, 2.75) is 31.9 Å². The van der Waals surface area contributed by atoms with Crippen molar-refractivity contribution in [3.63, 3.8) is 0 Å². The molecule has 0 bridgehead atoms. The van der Waals surface area contributed by atoms with E-state index in [1.165, 1.54) is 19.8 Å². The fraction of sp³-hybridized carbons (Fsp3) is 0.909. The lowest BCUT2D eigenvalue weighted by molar-refractivity contribution is -0.136.